The van der Waals surface area contributed by atoms with E-state index in [1.54, 1.807) is 26.0 Å². The summed E-state index contributed by atoms with van der Waals surface area (Å²) in [5.41, 5.74) is -1.79. The topological polar surface area (TPSA) is 143 Å². The second kappa shape index (κ2) is 14.2. The van der Waals surface area contributed by atoms with Crippen molar-refractivity contribution < 1.29 is 40.7 Å². The summed E-state index contributed by atoms with van der Waals surface area (Å²) in [6.45, 7) is 3.11. The van der Waals surface area contributed by atoms with Crippen molar-refractivity contribution in [2.45, 2.75) is 48.3 Å². The third-order valence-corrected chi connectivity index (χ3v) is 8.97. The van der Waals surface area contributed by atoms with Crippen LogP contribution in [0.1, 0.15) is 36.2 Å². The number of hydrogen-bond donors (Lipinski definition) is 4. The van der Waals surface area contributed by atoms with Crippen LogP contribution in [0.4, 0.5) is 23.7 Å². The first-order chi connectivity index (χ1) is 19.7. The van der Waals surface area contributed by atoms with Gasteiger partial charge in [0.25, 0.3) is 5.91 Å². The van der Waals surface area contributed by atoms with Crippen molar-refractivity contribution in [3.63, 3.8) is 0 Å². The highest BCUT2D eigenvalue weighted by Gasteiger charge is 2.33. The minimum atomic E-state index is -4.75. The molecule has 2 aromatic carbocycles. The van der Waals surface area contributed by atoms with Crippen LogP contribution in [-0.2, 0) is 25.5 Å². The van der Waals surface area contributed by atoms with Crippen LogP contribution < -0.4 is 21.3 Å². The summed E-state index contributed by atoms with van der Waals surface area (Å²) in [5, 5.41) is 9.79. The molecule has 1 aliphatic rings. The molecule has 1 fully saturated rings. The minimum absolute atomic E-state index is 0.0535. The highest BCUT2D eigenvalue weighted by Crippen LogP contribution is 2.32. The highest BCUT2D eigenvalue weighted by atomic mass is 32.2. The summed E-state index contributed by atoms with van der Waals surface area (Å²) in [6.07, 6.45) is -2.50. The van der Waals surface area contributed by atoms with Crippen LogP contribution in [0.2, 0.25) is 0 Å². The molecule has 4 amide bonds. The number of thioether (sulfide) groups is 1. The van der Waals surface area contributed by atoms with Crippen LogP contribution >= 0.6 is 11.8 Å². The molecule has 0 spiro atoms. The van der Waals surface area contributed by atoms with Gasteiger partial charge < -0.3 is 26.0 Å². The van der Waals surface area contributed by atoms with Crippen molar-refractivity contribution >= 4 is 45.1 Å². The average Bonchev–Trinajstić information content (AvgIpc) is 2.92. The molecule has 1 saturated heterocycles. The lowest BCUT2D eigenvalue weighted by Gasteiger charge is -2.32. The third-order valence-electron chi connectivity index (χ3n) is 6.37. The highest BCUT2D eigenvalue weighted by molar-refractivity contribution is 7.98. The lowest BCUT2D eigenvalue weighted by atomic mass is 9.97. The van der Waals surface area contributed by atoms with E-state index in [-0.39, 0.29) is 29.0 Å². The Labute approximate surface area is 246 Å². The maximum atomic E-state index is 13.3. The minimum Gasteiger partial charge on any atom is -0.379 e. The van der Waals surface area contributed by atoms with Crippen LogP contribution in [0.3, 0.4) is 0 Å². The van der Waals surface area contributed by atoms with Crippen LogP contribution in [0, 0.1) is 5.92 Å². The predicted octanol–water partition coefficient (Wildman–Crippen LogP) is 3.68. The SMILES string of the molecule is CSc1ccc(S(=O)(=O)C[C@@H]2CCOC[C@@H]2NC(=O)CNC(=O)c2cc(C(F)(F)F)ccc2NC(=O)NC(C)C)cc1. The van der Waals surface area contributed by atoms with E-state index in [0.29, 0.717) is 19.1 Å². The molecule has 0 aromatic heterocycles. The molecule has 230 valence electrons. The summed E-state index contributed by atoms with van der Waals surface area (Å²) in [4.78, 5) is 38.8. The first kappa shape index (κ1) is 33.2. The molecule has 1 heterocycles. The summed E-state index contributed by atoms with van der Waals surface area (Å²) in [6, 6.07) is 7.09. The maximum absolute atomic E-state index is 13.3. The van der Waals surface area contributed by atoms with Crippen LogP contribution in [0.15, 0.2) is 52.3 Å². The second-order valence-electron chi connectivity index (χ2n) is 9.95. The summed E-state index contributed by atoms with van der Waals surface area (Å²) in [7, 11) is -3.67. The third kappa shape index (κ3) is 9.36. The molecule has 0 radical (unpaired) electrons. The number of hydrogen-bond acceptors (Lipinski definition) is 7. The number of sulfone groups is 1. The van der Waals surface area contributed by atoms with E-state index in [4.69, 9.17) is 4.74 Å². The molecule has 10 nitrogen and oxygen atoms in total. The zero-order valence-electron chi connectivity index (χ0n) is 23.2. The van der Waals surface area contributed by atoms with Gasteiger partial charge in [-0.2, -0.15) is 13.2 Å². The van der Waals surface area contributed by atoms with E-state index in [0.717, 1.165) is 17.0 Å². The lowest BCUT2D eigenvalue weighted by molar-refractivity contribution is -0.137. The largest absolute Gasteiger partial charge is 0.416 e. The van der Waals surface area contributed by atoms with Crippen LogP contribution in [0.5, 0.6) is 0 Å². The molecule has 4 N–H and O–H groups in total. The van der Waals surface area contributed by atoms with Gasteiger partial charge in [0.2, 0.25) is 5.91 Å². The smallest absolute Gasteiger partial charge is 0.379 e. The molecule has 0 aliphatic carbocycles. The van der Waals surface area contributed by atoms with Crippen molar-refractivity contribution in [2.24, 2.45) is 5.92 Å². The van der Waals surface area contributed by atoms with Crippen molar-refractivity contribution in [1.82, 2.24) is 16.0 Å². The molecule has 3 rings (SSSR count). The molecule has 15 heteroatoms. The Balaban J connectivity index is 1.67. The van der Waals surface area contributed by atoms with Gasteiger partial charge in [-0.15, -0.1) is 11.8 Å². The number of nitrogens with one attached hydrogen (secondary N) is 4. The molecule has 1 aliphatic heterocycles. The van der Waals surface area contributed by atoms with E-state index in [1.165, 1.54) is 23.9 Å². The van der Waals surface area contributed by atoms with Gasteiger partial charge in [-0.1, -0.05) is 0 Å². The van der Waals surface area contributed by atoms with Gasteiger partial charge in [0.15, 0.2) is 9.84 Å². The molecule has 0 unspecified atom stereocenters. The Hall–Kier alpha value is -3.30. The lowest BCUT2D eigenvalue weighted by Crippen LogP contribution is -2.51. The van der Waals surface area contributed by atoms with E-state index in [9.17, 15) is 36.0 Å². The summed E-state index contributed by atoms with van der Waals surface area (Å²) >= 11 is 1.48. The Morgan fingerprint density at radius 1 is 1.10 bits per heavy atom. The number of alkyl halides is 3. The Morgan fingerprint density at radius 2 is 1.79 bits per heavy atom. The van der Waals surface area contributed by atoms with Crippen LogP contribution in [0.25, 0.3) is 0 Å². The van der Waals surface area contributed by atoms with E-state index >= 15 is 0 Å². The number of rotatable bonds is 10. The van der Waals surface area contributed by atoms with Crippen LogP contribution in [-0.4, -0.2) is 70.1 Å². The number of ether oxygens (including phenoxy) is 1. The molecule has 42 heavy (non-hydrogen) atoms. The van der Waals surface area contributed by atoms with Crippen molar-refractivity contribution in [3.8, 4) is 0 Å². The molecule has 0 saturated carbocycles. The quantitative estimate of drug-likeness (QED) is 0.294. The fraction of sp³-hybridized carbons (Fsp3) is 0.444. The summed E-state index contributed by atoms with van der Waals surface area (Å²) in [5.74, 6) is -2.42. The Bertz CT molecular complexity index is 1390. The van der Waals surface area contributed by atoms with Gasteiger partial charge in [-0.3, -0.25) is 9.59 Å². The maximum Gasteiger partial charge on any atom is 0.416 e. The number of urea groups is 1. The molecular weight excluding hydrogens is 597 g/mol. The molecular formula is C27H33F3N4O6S2. The Kier molecular flexibility index (Phi) is 11.3. The average molecular weight is 631 g/mol. The fourth-order valence-electron chi connectivity index (χ4n) is 4.25. The van der Waals surface area contributed by atoms with Crippen molar-refractivity contribution in [2.75, 3.05) is 37.1 Å². The monoisotopic (exact) mass is 630 g/mol. The van der Waals surface area contributed by atoms with Crippen molar-refractivity contribution in [1.29, 1.82) is 0 Å². The predicted molar refractivity (Wildman–Crippen MR) is 152 cm³/mol. The van der Waals surface area contributed by atoms with Crippen molar-refractivity contribution in [3.05, 3.63) is 53.6 Å². The zero-order valence-corrected chi connectivity index (χ0v) is 24.8. The Morgan fingerprint density at radius 3 is 2.40 bits per heavy atom. The first-order valence-corrected chi connectivity index (χ1v) is 15.9. The number of carbonyl (C=O) groups is 3. The number of benzene rings is 2. The standard InChI is InChI=1S/C27H33F3N4O6S2/c1-16(2)32-26(37)34-22-9-4-18(27(28,29)30)12-21(22)25(36)31-13-24(35)33-23-14-40-11-10-17(23)15-42(38,39)20-7-5-19(41-3)6-8-20/h4-9,12,16-17,23H,10-11,13-15H2,1-3H3,(H,31,36)(H,33,35)(H2,32,34,37)/t17-,23-/m0/s1. The van der Waals surface area contributed by atoms with Gasteiger partial charge in [0, 0.05) is 17.5 Å². The number of anilines is 1. The normalized spacial score (nSPS) is 17.4. The van der Waals surface area contributed by atoms with E-state index in [1.807, 2.05) is 6.26 Å². The fourth-order valence-corrected chi connectivity index (χ4v) is 6.37. The molecule has 2 atom stereocenters. The second-order valence-corrected chi connectivity index (χ2v) is 12.9. The van der Waals surface area contributed by atoms with Gasteiger partial charge in [-0.25, -0.2) is 13.2 Å². The number of carbonyl (C=O) groups excluding carboxylic acids is 3. The summed E-state index contributed by atoms with van der Waals surface area (Å²) < 4.78 is 71.5. The van der Waals surface area contributed by atoms with Gasteiger partial charge in [0.1, 0.15) is 0 Å². The first-order valence-electron chi connectivity index (χ1n) is 13.0. The van der Waals surface area contributed by atoms with E-state index < -0.39 is 63.5 Å². The molecule has 0 bridgehead atoms. The van der Waals surface area contributed by atoms with Gasteiger partial charge in [-0.05, 0) is 74.9 Å². The number of halogens is 3. The number of amides is 4. The molecule has 2 aromatic rings. The van der Waals surface area contributed by atoms with Gasteiger partial charge in [0.05, 0.1) is 46.7 Å². The van der Waals surface area contributed by atoms with E-state index in [2.05, 4.69) is 21.3 Å². The van der Waals surface area contributed by atoms with Gasteiger partial charge >= 0.3 is 12.2 Å². The zero-order chi connectivity index (χ0) is 31.1.